The summed E-state index contributed by atoms with van der Waals surface area (Å²) in [6.45, 7) is 5.00. The first kappa shape index (κ1) is 14.0. The zero-order chi connectivity index (χ0) is 14.8. The molecular weight excluding hydrogens is 284 g/mol. The number of rotatable bonds is 4. The van der Waals surface area contributed by atoms with E-state index in [-0.39, 0.29) is 6.10 Å². The third kappa shape index (κ3) is 2.74. The van der Waals surface area contributed by atoms with Crippen molar-refractivity contribution in [2.24, 2.45) is 0 Å². The third-order valence-corrected chi connectivity index (χ3v) is 3.74. The number of fused-ring (bicyclic) bond motifs is 1. The van der Waals surface area contributed by atoms with Crippen molar-refractivity contribution in [3.8, 4) is 5.75 Å². The molecule has 0 aliphatic heterocycles. The summed E-state index contributed by atoms with van der Waals surface area (Å²) in [5, 5.41) is 0.704. The first-order valence-corrected chi connectivity index (χ1v) is 7.44. The van der Waals surface area contributed by atoms with Crippen LogP contribution in [0.1, 0.15) is 25.8 Å². The Morgan fingerprint density at radius 1 is 1.14 bits per heavy atom. The molecule has 0 bridgehead atoms. The Morgan fingerprint density at radius 3 is 2.57 bits per heavy atom. The number of hydrogen-bond acceptors (Lipinski definition) is 2. The van der Waals surface area contributed by atoms with Gasteiger partial charge in [0.25, 0.3) is 0 Å². The average molecular weight is 301 g/mol. The number of imidazole rings is 1. The van der Waals surface area contributed by atoms with Crippen LogP contribution < -0.4 is 4.74 Å². The minimum absolute atomic E-state index is 0.126. The zero-order valence-electron chi connectivity index (χ0n) is 12.1. The molecule has 0 aliphatic rings. The number of aromatic nitrogens is 2. The molecule has 0 radical (unpaired) electrons. The summed E-state index contributed by atoms with van der Waals surface area (Å²) >= 11 is 5.89. The van der Waals surface area contributed by atoms with Crippen molar-refractivity contribution in [2.75, 3.05) is 0 Å². The Hall–Kier alpha value is -2.00. The van der Waals surface area contributed by atoms with E-state index in [0.717, 1.165) is 29.2 Å². The molecule has 0 aliphatic carbocycles. The number of benzene rings is 2. The summed E-state index contributed by atoms with van der Waals surface area (Å²) in [5.74, 6) is 1.73. The van der Waals surface area contributed by atoms with Gasteiger partial charge in [-0.05, 0) is 50.2 Å². The molecule has 0 saturated carbocycles. The molecule has 1 aromatic heterocycles. The van der Waals surface area contributed by atoms with Crippen molar-refractivity contribution in [1.29, 1.82) is 0 Å². The number of hydrogen-bond donors (Lipinski definition) is 0. The summed E-state index contributed by atoms with van der Waals surface area (Å²) in [4.78, 5) is 4.71. The van der Waals surface area contributed by atoms with E-state index in [0.29, 0.717) is 5.02 Å². The van der Waals surface area contributed by atoms with Gasteiger partial charge in [-0.3, -0.25) is 0 Å². The SMILES string of the molecule is CCn1c(C(C)Oc2ccc(Cl)cc2)nc2ccccc21. The second kappa shape index (κ2) is 5.78. The maximum absolute atomic E-state index is 5.99. The molecule has 21 heavy (non-hydrogen) atoms. The first-order chi connectivity index (χ1) is 10.2. The molecular formula is C17H17ClN2O. The van der Waals surface area contributed by atoms with Crippen LogP contribution in [0.4, 0.5) is 0 Å². The normalized spacial score (nSPS) is 12.5. The molecule has 4 heteroatoms. The van der Waals surface area contributed by atoms with Crippen LogP contribution in [0.25, 0.3) is 11.0 Å². The number of nitrogens with zero attached hydrogens (tertiary/aromatic N) is 2. The van der Waals surface area contributed by atoms with Gasteiger partial charge in [0.1, 0.15) is 5.75 Å². The van der Waals surface area contributed by atoms with Crippen molar-refractivity contribution in [3.63, 3.8) is 0 Å². The maximum Gasteiger partial charge on any atom is 0.153 e. The van der Waals surface area contributed by atoms with Gasteiger partial charge in [0, 0.05) is 11.6 Å². The predicted molar refractivity (Wildman–Crippen MR) is 85.9 cm³/mol. The van der Waals surface area contributed by atoms with E-state index in [2.05, 4.69) is 17.6 Å². The Bertz CT molecular complexity index is 749. The van der Waals surface area contributed by atoms with Crippen LogP contribution in [0.3, 0.4) is 0 Å². The van der Waals surface area contributed by atoms with Gasteiger partial charge in [-0.2, -0.15) is 0 Å². The molecule has 1 atom stereocenters. The number of para-hydroxylation sites is 2. The Morgan fingerprint density at radius 2 is 1.86 bits per heavy atom. The number of ether oxygens (including phenoxy) is 1. The van der Waals surface area contributed by atoms with Crippen LogP contribution in [0.15, 0.2) is 48.5 Å². The minimum atomic E-state index is -0.126. The molecule has 0 N–H and O–H groups in total. The highest BCUT2D eigenvalue weighted by atomic mass is 35.5. The summed E-state index contributed by atoms with van der Waals surface area (Å²) in [6, 6.07) is 15.5. The fourth-order valence-corrected chi connectivity index (χ4v) is 2.63. The molecule has 3 aromatic rings. The topological polar surface area (TPSA) is 27.1 Å². The van der Waals surface area contributed by atoms with E-state index < -0.39 is 0 Å². The molecule has 3 nitrogen and oxygen atoms in total. The van der Waals surface area contributed by atoms with Gasteiger partial charge in [0.2, 0.25) is 0 Å². The zero-order valence-corrected chi connectivity index (χ0v) is 12.8. The largest absolute Gasteiger partial charge is 0.483 e. The number of halogens is 1. The molecule has 1 unspecified atom stereocenters. The summed E-state index contributed by atoms with van der Waals surface area (Å²) < 4.78 is 8.18. The fourth-order valence-electron chi connectivity index (χ4n) is 2.51. The molecule has 1 heterocycles. The minimum Gasteiger partial charge on any atom is -0.483 e. The standard InChI is InChI=1S/C17H17ClN2O/c1-3-20-16-7-5-4-6-15(16)19-17(20)12(2)21-14-10-8-13(18)9-11-14/h4-12H,3H2,1-2H3. The van der Waals surface area contributed by atoms with Crippen molar-refractivity contribution in [1.82, 2.24) is 9.55 Å². The van der Waals surface area contributed by atoms with E-state index in [1.807, 2.05) is 49.4 Å². The van der Waals surface area contributed by atoms with Gasteiger partial charge in [-0.15, -0.1) is 0 Å². The van der Waals surface area contributed by atoms with Gasteiger partial charge >= 0.3 is 0 Å². The first-order valence-electron chi connectivity index (χ1n) is 7.06. The second-order valence-corrected chi connectivity index (χ2v) is 5.35. The van der Waals surface area contributed by atoms with Crippen molar-refractivity contribution in [3.05, 3.63) is 59.4 Å². The molecule has 0 saturated heterocycles. The molecule has 3 rings (SSSR count). The highest BCUT2D eigenvalue weighted by Crippen LogP contribution is 2.25. The average Bonchev–Trinajstić information content (AvgIpc) is 2.88. The van der Waals surface area contributed by atoms with Crippen molar-refractivity contribution < 1.29 is 4.74 Å². The highest BCUT2D eigenvalue weighted by Gasteiger charge is 2.16. The summed E-state index contributed by atoms with van der Waals surface area (Å²) in [6.07, 6.45) is -0.126. The van der Waals surface area contributed by atoms with Gasteiger partial charge in [-0.25, -0.2) is 4.98 Å². The molecule has 108 valence electrons. The predicted octanol–water partition coefficient (Wildman–Crippen LogP) is 4.85. The Balaban J connectivity index is 1.93. The lowest BCUT2D eigenvalue weighted by molar-refractivity contribution is 0.212. The van der Waals surface area contributed by atoms with Crippen LogP contribution in [0.5, 0.6) is 5.75 Å². The van der Waals surface area contributed by atoms with E-state index in [1.165, 1.54) is 0 Å². The van der Waals surface area contributed by atoms with Crippen molar-refractivity contribution >= 4 is 22.6 Å². The van der Waals surface area contributed by atoms with Gasteiger partial charge in [-0.1, -0.05) is 23.7 Å². The quantitative estimate of drug-likeness (QED) is 0.688. The van der Waals surface area contributed by atoms with Gasteiger partial charge in [0.15, 0.2) is 11.9 Å². The monoisotopic (exact) mass is 300 g/mol. The van der Waals surface area contributed by atoms with E-state index in [4.69, 9.17) is 21.3 Å². The lowest BCUT2D eigenvalue weighted by Crippen LogP contribution is -2.11. The van der Waals surface area contributed by atoms with Crippen LogP contribution in [0, 0.1) is 0 Å². The van der Waals surface area contributed by atoms with Crippen molar-refractivity contribution in [2.45, 2.75) is 26.5 Å². The van der Waals surface area contributed by atoms with Crippen LogP contribution in [-0.4, -0.2) is 9.55 Å². The Labute approximate surface area is 129 Å². The lowest BCUT2D eigenvalue weighted by atomic mass is 10.3. The Kier molecular flexibility index (Phi) is 3.84. The van der Waals surface area contributed by atoms with Gasteiger partial charge < -0.3 is 9.30 Å². The maximum atomic E-state index is 5.99. The van der Waals surface area contributed by atoms with Crippen LogP contribution in [-0.2, 0) is 6.54 Å². The van der Waals surface area contributed by atoms with Gasteiger partial charge in [0.05, 0.1) is 11.0 Å². The second-order valence-electron chi connectivity index (χ2n) is 4.92. The van der Waals surface area contributed by atoms with E-state index in [9.17, 15) is 0 Å². The summed E-state index contributed by atoms with van der Waals surface area (Å²) in [5.41, 5.74) is 2.14. The van der Waals surface area contributed by atoms with Crippen LogP contribution in [0.2, 0.25) is 5.02 Å². The lowest BCUT2D eigenvalue weighted by Gasteiger charge is -2.15. The van der Waals surface area contributed by atoms with E-state index in [1.54, 1.807) is 0 Å². The molecule has 0 fully saturated rings. The smallest absolute Gasteiger partial charge is 0.153 e. The molecule has 0 spiro atoms. The number of aryl methyl sites for hydroxylation is 1. The van der Waals surface area contributed by atoms with E-state index >= 15 is 0 Å². The fraction of sp³-hybridized carbons (Fsp3) is 0.235. The van der Waals surface area contributed by atoms with Crippen LogP contribution >= 0.6 is 11.6 Å². The summed E-state index contributed by atoms with van der Waals surface area (Å²) in [7, 11) is 0. The highest BCUT2D eigenvalue weighted by molar-refractivity contribution is 6.30. The molecule has 0 amide bonds. The third-order valence-electron chi connectivity index (χ3n) is 3.49. The molecule has 2 aromatic carbocycles.